The van der Waals surface area contributed by atoms with Gasteiger partial charge in [0.15, 0.2) is 5.16 Å². The van der Waals surface area contributed by atoms with Crippen molar-refractivity contribution in [3.63, 3.8) is 0 Å². The number of aromatic nitrogens is 3. The van der Waals surface area contributed by atoms with Crippen LogP contribution < -0.4 is 10.5 Å². The van der Waals surface area contributed by atoms with Gasteiger partial charge in [0.25, 0.3) is 0 Å². The lowest BCUT2D eigenvalue weighted by molar-refractivity contribution is 0.341. The largest absolute Gasteiger partial charge is 0.492 e. The van der Waals surface area contributed by atoms with Gasteiger partial charge in [0.2, 0.25) is 0 Å². The van der Waals surface area contributed by atoms with Crippen molar-refractivity contribution in [2.24, 2.45) is 5.73 Å². The molecule has 0 radical (unpaired) electrons. The van der Waals surface area contributed by atoms with E-state index < -0.39 is 0 Å². The molecular weight excluding hydrogens is 284 g/mol. The van der Waals surface area contributed by atoms with Crippen LogP contribution in [0.15, 0.2) is 29.4 Å². The molecule has 0 amide bonds. The normalized spacial score (nSPS) is 14.4. The molecule has 3 rings (SSSR count). The Morgan fingerprint density at radius 2 is 2.14 bits per heavy atom. The maximum Gasteiger partial charge on any atom is 0.191 e. The van der Waals surface area contributed by atoms with Crippen molar-refractivity contribution in [3.05, 3.63) is 35.7 Å². The summed E-state index contributed by atoms with van der Waals surface area (Å²) < 4.78 is 8.00. The zero-order valence-corrected chi connectivity index (χ0v) is 13.0. The van der Waals surface area contributed by atoms with Gasteiger partial charge in [0.1, 0.15) is 11.6 Å². The van der Waals surface area contributed by atoms with Crippen molar-refractivity contribution in [2.45, 2.75) is 37.5 Å². The zero-order chi connectivity index (χ0) is 14.7. The number of hydrogen-bond acceptors (Lipinski definition) is 5. The van der Waals surface area contributed by atoms with Gasteiger partial charge in [-0.1, -0.05) is 30.0 Å². The van der Waals surface area contributed by atoms with Crippen LogP contribution in [0.2, 0.25) is 0 Å². The second-order valence-corrected chi connectivity index (χ2v) is 6.23. The fourth-order valence-corrected chi connectivity index (χ4v) is 3.09. The average Bonchev–Trinajstić information content (AvgIpc) is 3.25. The van der Waals surface area contributed by atoms with Crippen molar-refractivity contribution >= 4 is 11.8 Å². The van der Waals surface area contributed by atoms with Crippen LogP contribution in [0.25, 0.3) is 0 Å². The molecular formula is C15H20N4OS. The SMILES string of the molecule is Cc1ccccc1OCCSc1nnc(CN)n1C1CC1. The van der Waals surface area contributed by atoms with E-state index in [-0.39, 0.29) is 0 Å². The van der Waals surface area contributed by atoms with E-state index in [1.54, 1.807) is 11.8 Å². The van der Waals surface area contributed by atoms with Gasteiger partial charge in [-0.2, -0.15) is 0 Å². The molecule has 5 nitrogen and oxygen atoms in total. The van der Waals surface area contributed by atoms with Gasteiger partial charge >= 0.3 is 0 Å². The van der Waals surface area contributed by atoms with E-state index in [0.29, 0.717) is 19.2 Å². The number of benzene rings is 1. The van der Waals surface area contributed by atoms with Gasteiger partial charge in [-0.15, -0.1) is 10.2 Å². The second kappa shape index (κ2) is 6.49. The Bertz CT molecular complexity index is 609. The molecule has 1 aliphatic rings. The predicted molar refractivity (Wildman–Crippen MR) is 83.6 cm³/mol. The highest BCUT2D eigenvalue weighted by molar-refractivity contribution is 7.99. The van der Waals surface area contributed by atoms with Crippen LogP contribution in [0.5, 0.6) is 5.75 Å². The van der Waals surface area contributed by atoms with Crippen LogP contribution >= 0.6 is 11.8 Å². The summed E-state index contributed by atoms with van der Waals surface area (Å²) >= 11 is 1.69. The average molecular weight is 304 g/mol. The highest BCUT2D eigenvalue weighted by Crippen LogP contribution is 2.38. The summed E-state index contributed by atoms with van der Waals surface area (Å²) in [6.45, 7) is 3.16. The molecule has 0 saturated heterocycles. The minimum Gasteiger partial charge on any atom is -0.492 e. The van der Waals surface area contributed by atoms with Gasteiger partial charge < -0.3 is 15.0 Å². The number of ether oxygens (including phenoxy) is 1. The summed E-state index contributed by atoms with van der Waals surface area (Å²) in [6.07, 6.45) is 2.41. The number of nitrogens with two attached hydrogens (primary N) is 1. The first-order valence-corrected chi connectivity index (χ1v) is 8.23. The number of nitrogens with zero attached hydrogens (tertiary/aromatic N) is 3. The van der Waals surface area contributed by atoms with Gasteiger partial charge in [-0.3, -0.25) is 0 Å². The predicted octanol–water partition coefficient (Wildman–Crippen LogP) is 2.55. The zero-order valence-electron chi connectivity index (χ0n) is 12.2. The number of rotatable bonds is 7. The van der Waals surface area contributed by atoms with E-state index in [1.165, 1.54) is 12.8 Å². The van der Waals surface area contributed by atoms with Gasteiger partial charge in [0.05, 0.1) is 13.2 Å². The molecule has 2 N–H and O–H groups in total. The summed E-state index contributed by atoms with van der Waals surface area (Å²) in [5.41, 5.74) is 6.88. The number of thioether (sulfide) groups is 1. The molecule has 1 aromatic heterocycles. The lowest BCUT2D eigenvalue weighted by Gasteiger charge is -2.09. The van der Waals surface area contributed by atoms with E-state index in [9.17, 15) is 0 Å². The molecule has 2 aromatic rings. The first kappa shape index (κ1) is 14.4. The summed E-state index contributed by atoms with van der Waals surface area (Å²) in [4.78, 5) is 0. The highest BCUT2D eigenvalue weighted by Gasteiger charge is 2.29. The van der Waals surface area contributed by atoms with Crippen molar-refractivity contribution < 1.29 is 4.74 Å². The van der Waals surface area contributed by atoms with Gasteiger partial charge in [-0.25, -0.2) is 0 Å². The Hall–Kier alpha value is -1.53. The van der Waals surface area contributed by atoms with Crippen molar-refractivity contribution in [3.8, 4) is 5.75 Å². The third kappa shape index (κ3) is 3.39. The van der Waals surface area contributed by atoms with E-state index >= 15 is 0 Å². The van der Waals surface area contributed by atoms with Crippen LogP contribution in [0.4, 0.5) is 0 Å². The van der Waals surface area contributed by atoms with Crippen LogP contribution in [-0.2, 0) is 6.54 Å². The molecule has 21 heavy (non-hydrogen) atoms. The maximum atomic E-state index is 5.80. The molecule has 1 heterocycles. The van der Waals surface area contributed by atoms with E-state index in [1.807, 2.05) is 18.2 Å². The lowest BCUT2D eigenvalue weighted by Crippen LogP contribution is -2.08. The molecule has 0 bridgehead atoms. The Labute approximate surface area is 128 Å². The molecule has 1 aromatic carbocycles. The topological polar surface area (TPSA) is 66.0 Å². The molecule has 0 aliphatic heterocycles. The minimum atomic E-state index is 0.448. The van der Waals surface area contributed by atoms with Crippen LogP contribution in [-0.4, -0.2) is 27.1 Å². The summed E-state index contributed by atoms with van der Waals surface area (Å²) in [5.74, 6) is 2.69. The molecule has 0 spiro atoms. The molecule has 1 aliphatic carbocycles. The Balaban J connectivity index is 1.54. The smallest absolute Gasteiger partial charge is 0.191 e. The van der Waals surface area contributed by atoms with Crippen molar-refractivity contribution in [1.82, 2.24) is 14.8 Å². The molecule has 6 heteroatoms. The molecule has 0 atom stereocenters. The molecule has 112 valence electrons. The Morgan fingerprint density at radius 1 is 1.33 bits per heavy atom. The van der Waals surface area contributed by atoms with Crippen molar-refractivity contribution in [2.75, 3.05) is 12.4 Å². The van der Waals surface area contributed by atoms with Crippen LogP contribution in [0.1, 0.15) is 30.3 Å². The highest BCUT2D eigenvalue weighted by atomic mass is 32.2. The van der Waals surface area contributed by atoms with Crippen molar-refractivity contribution in [1.29, 1.82) is 0 Å². The molecule has 1 fully saturated rings. The van der Waals surface area contributed by atoms with Gasteiger partial charge in [0, 0.05) is 11.8 Å². The summed E-state index contributed by atoms with van der Waals surface area (Å²) in [5, 5.41) is 9.39. The van der Waals surface area contributed by atoms with E-state index in [0.717, 1.165) is 28.0 Å². The molecule has 1 saturated carbocycles. The second-order valence-electron chi connectivity index (χ2n) is 5.17. The minimum absolute atomic E-state index is 0.448. The maximum absolute atomic E-state index is 5.80. The fraction of sp³-hybridized carbons (Fsp3) is 0.467. The summed E-state index contributed by atoms with van der Waals surface area (Å²) in [6, 6.07) is 8.62. The number of aryl methyl sites for hydroxylation is 1. The molecule has 0 unspecified atom stereocenters. The summed E-state index contributed by atoms with van der Waals surface area (Å²) in [7, 11) is 0. The van der Waals surface area contributed by atoms with E-state index in [2.05, 4.69) is 27.8 Å². The van der Waals surface area contributed by atoms with Gasteiger partial charge in [-0.05, 0) is 31.4 Å². The van der Waals surface area contributed by atoms with E-state index in [4.69, 9.17) is 10.5 Å². The Kier molecular flexibility index (Phi) is 4.45. The first-order valence-electron chi connectivity index (χ1n) is 7.24. The van der Waals surface area contributed by atoms with Crippen LogP contribution in [0.3, 0.4) is 0 Å². The first-order chi connectivity index (χ1) is 10.3. The lowest BCUT2D eigenvalue weighted by atomic mass is 10.2. The van der Waals surface area contributed by atoms with Crippen LogP contribution in [0, 0.1) is 6.92 Å². The Morgan fingerprint density at radius 3 is 2.86 bits per heavy atom. The monoisotopic (exact) mass is 304 g/mol. The number of para-hydroxylation sites is 1. The number of hydrogen-bond donors (Lipinski definition) is 1. The quantitative estimate of drug-likeness (QED) is 0.629. The third-order valence-corrected chi connectivity index (χ3v) is 4.40. The fourth-order valence-electron chi connectivity index (χ4n) is 2.25. The standard InChI is InChI=1S/C15H20N4OS/c1-11-4-2-3-5-13(11)20-8-9-21-15-18-17-14(10-16)19(15)12-6-7-12/h2-5,12H,6-10,16H2,1H3. The third-order valence-electron chi connectivity index (χ3n) is 3.50.